The molecular formula is C13H21N. The number of aryl methyl sites for hydroxylation is 2. The van der Waals surface area contributed by atoms with Crippen molar-refractivity contribution >= 4 is 6.08 Å². The van der Waals surface area contributed by atoms with Crippen molar-refractivity contribution in [2.24, 2.45) is 0 Å². The van der Waals surface area contributed by atoms with Gasteiger partial charge in [0, 0.05) is 7.05 Å². The van der Waals surface area contributed by atoms with Crippen molar-refractivity contribution in [3.8, 4) is 0 Å². The molecule has 14 heavy (non-hydrogen) atoms. The molecule has 0 bridgehead atoms. The lowest BCUT2D eigenvalue weighted by Gasteiger charge is -2.01. The van der Waals surface area contributed by atoms with Crippen molar-refractivity contribution in [3.05, 3.63) is 41.1 Å². The van der Waals surface area contributed by atoms with Gasteiger partial charge in [0.15, 0.2) is 0 Å². The van der Waals surface area contributed by atoms with E-state index in [1.165, 1.54) is 16.7 Å². The van der Waals surface area contributed by atoms with E-state index in [0.717, 1.165) is 0 Å². The molecule has 0 aliphatic heterocycles. The number of hydrogen-bond donors (Lipinski definition) is 1. The Kier molecular flexibility index (Phi) is 6.55. The van der Waals surface area contributed by atoms with Crippen LogP contribution in [-0.4, -0.2) is 7.05 Å². The van der Waals surface area contributed by atoms with Crippen LogP contribution in [0.4, 0.5) is 0 Å². The van der Waals surface area contributed by atoms with Crippen molar-refractivity contribution in [2.45, 2.75) is 27.7 Å². The highest BCUT2D eigenvalue weighted by atomic mass is 14.8. The van der Waals surface area contributed by atoms with E-state index < -0.39 is 0 Å². The Morgan fingerprint density at radius 3 is 2.36 bits per heavy atom. The predicted octanol–water partition coefficient (Wildman–Crippen LogP) is 3.52. The first-order valence-corrected chi connectivity index (χ1v) is 5.15. The van der Waals surface area contributed by atoms with Gasteiger partial charge in [0.1, 0.15) is 0 Å². The van der Waals surface area contributed by atoms with Crippen LogP contribution in [0.5, 0.6) is 0 Å². The Balaban J connectivity index is 0.000000791. The summed E-state index contributed by atoms with van der Waals surface area (Å²) in [6.45, 7) is 8.23. The molecule has 0 radical (unpaired) electrons. The summed E-state index contributed by atoms with van der Waals surface area (Å²) in [7, 11) is 1.90. The fourth-order valence-corrected chi connectivity index (χ4v) is 1.11. The minimum Gasteiger partial charge on any atom is -0.394 e. The van der Waals surface area contributed by atoms with E-state index >= 15 is 0 Å². The van der Waals surface area contributed by atoms with E-state index in [0.29, 0.717) is 0 Å². The minimum absolute atomic E-state index is 1.28. The van der Waals surface area contributed by atoms with Crippen LogP contribution in [0, 0.1) is 13.8 Å². The maximum Gasteiger partial charge on any atom is 0.00277 e. The van der Waals surface area contributed by atoms with Gasteiger partial charge in [0.25, 0.3) is 0 Å². The first-order valence-electron chi connectivity index (χ1n) is 5.15. The monoisotopic (exact) mass is 191 g/mol. The maximum atomic E-state index is 2.98. The van der Waals surface area contributed by atoms with Gasteiger partial charge in [0.2, 0.25) is 0 Å². The summed E-state index contributed by atoms with van der Waals surface area (Å²) in [5, 5.41) is 2.98. The fourth-order valence-electron chi connectivity index (χ4n) is 1.11. The van der Waals surface area contributed by atoms with E-state index in [9.17, 15) is 0 Å². The summed E-state index contributed by atoms with van der Waals surface area (Å²) in [6.07, 6.45) is 4.03. The van der Waals surface area contributed by atoms with Gasteiger partial charge in [-0.25, -0.2) is 0 Å². The predicted molar refractivity (Wildman–Crippen MR) is 65.4 cm³/mol. The van der Waals surface area contributed by atoms with Crippen LogP contribution in [-0.2, 0) is 0 Å². The highest BCUT2D eigenvalue weighted by Crippen LogP contribution is 2.11. The molecule has 1 rings (SSSR count). The van der Waals surface area contributed by atoms with E-state index in [4.69, 9.17) is 0 Å². The molecule has 0 aliphatic rings. The molecular weight excluding hydrogens is 170 g/mol. The zero-order chi connectivity index (χ0) is 11.0. The zero-order valence-electron chi connectivity index (χ0n) is 9.89. The average molecular weight is 191 g/mol. The molecule has 1 N–H and O–H groups in total. The van der Waals surface area contributed by atoms with Gasteiger partial charge >= 0.3 is 0 Å². The van der Waals surface area contributed by atoms with E-state index in [1.54, 1.807) is 0 Å². The van der Waals surface area contributed by atoms with E-state index in [2.05, 4.69) is 43.4 Å². The normalized spacial score (nSPS) is 9.50. The SMILES string of the molecule is CC.CN/C=C\c1cc(C)ccc1C. The van der Waals surface area contributed by atoms with E-state index in [-0.39, 0.29) is 0 Å². The number of benzene rings is 1. The fraction of sp³-hybridized carbons (Fsp3) is 0.385. The second kappa shape index (κ2) is 7.19. The van der Waals surface area contributed by atoms with Crippen LogP contribution in [0.25, 0.3) is 6.08 Å². The third kappa shape index (κ3) is 4.13. The summed E-state index contributed by atoms with van der Waals surface area (Å²) in [4.78, 5) is 0. The summed E-state index contributed by atoms with van der Waals surface area (Å²) in [5.41, 5.74) is 3.90. The molecule has 0 heterocycles. The Hall–Kier alpha value is -1.24. The molecule has 0 atom stereocenters. The Bertz CT molecular complexity index is 287. The molecule has 1 nitrogen and oxygen atoms in total. The lowest BCUT2D eigenvalue weighted by molar-refractivity contribution is 1.11. The van der Waals surface area contributed by atoms with Crippen LogP contribution >= 0.6 is 0 Å². The first kappa shape index (κ1) is 12.8. The molecule has 0 spiro atoms. The quantitative estimate of drug-likeness (QED) is 0.754. The Labute approximate surface area is 87.9 Å². The highest BCUT2D eigenvalue weighted by molar-refractivity contribution is 5.54. The Morgan fingerprint density at radius 2 is 1.79 bits per heavy atom. The molecule has 0 unspecified atom stereocenters. The first-order chi connectivity index (χ1) is 6.74. The van der Waals surface area contributed by atoms with Crippen LogP contribution in [0.1, 0.15) is 30.5 Å². The molecule has 1 aromatic rings. The van der Waals surface area contributed by atoms with Gasteiger partial charge in [-0.2, -0.15) is 0 Å². The van der Waals surface area contributed by atoms with Crippen LogP contribution < -0.4 is 5.32 Å². The summed E-state index contributed by atoms with van der Waals surface area (Å²) in [5.74, 6) is 0. The van der Waals surface area contributed by atoms with E-state index in [1.807, 2.05) is 27.1 Å². The minimum atomic E-state index is 1.28. The van der Waals surface area contributed by atoms with Crippen LogP contribution in [0.2, 0.25) is 0 Å². The third-order valence-corrected chi connectivity index (χ3v) is 1.86. The van der Waals surface area contributed by atoms with Crippen LogP contribution in [0.3, 0.4) is 0 Å². The maximum absolute atomic E-state index is 2.98. The Morgan fingerprint density at radius 1 is 1.14 bits per heavy atom. The van der Waals surface area contributed by atoms with Crippen molar-refractivity contribution in [3.63, 3.8) is 0 Å². The van der Waals surface area contributed by atoms with Gasteiger partial charge < -0.3 is 5.32 Å². The molecule has 0 saturated heterocycles. The van der Waals surface area contributed by atoms with Crippen molar-refractivity contribution in [2.75, 3.05) is 7.05 Å². The molecule has 0 fully saturated rings. The molecule has 1 aromatic carbocycles. The largest absolute Gasteiger partial charge is 0.394 e. The van der Waals surface area contributed by atoms with Crippen LogP contribution in [0.15, 0.2) is 24.4 Å². The average Bonchev–Trinajstić information content (AvgIpc) is 2.22. The van der Waals surface area contributed by atoms with Crippen molar-refractivity contribution in [1.82, 2.24) is 5.32 Å². The zero-order valence-corrected chi connectivity index (χ0v) is 9.89. The summed E-state index contributed by atoms with van der Waals surface area (Å²) < 4.78 is 0. The van der Waals surface area contributed by atoms with Crippen molar-refractivity contribution < 1.29 is 0 Å². The molecule has 78 valence electrons. The molecule has 0 aromatic heterocycles. The van der Waals surface area contributed by atoms with Gasteiger partial charge in [-0.05, 0) is 37.3 Å². The molecule has 0 saturated carbocycles. The van der Waals surface area contributed by atoms with Gasteiger partial charge in [0.05, 0.1) is 0 Å². The number of hydrogen-bond acceptors (Lipinski definition) is 1. The summed E-state index contributed by atoms with van der Waals surface area (Å²) in [6, 6.07) is 6.46. The van der Waals surface area contributed by atoms with Gasteiger partial charge in [-0.1, -0.05) is 37.6 Å². The molecule has 0 amide bonds. The molecule has 1 heteroatoms. The highest BCUT2D eigenvalue weighted by Gasteiger charge is 1.92. The lowest BCUT2D eigenvalue weighted by atomic mass is 10.1. The standard InChI is InChI=1S/C11H15N.C2H6/c1-9-4-5-10(2)11(8-9)6-7-12-3;1-2/h4-8,12H,1-3H3;1-2H3/b7-6-;. The molecule has 0 aliphatic carbocycles. The number of rotatable bonds is 2. The van der Waals surface area contributed by atoms with Crippen molar-refractivity contribution in [1.29, 1.82) is 0 Å². The third-order valence-electron chi connectivity index (χ3n) is 1.86. The lowest BCUT2D eigenvalue weighted by Crippen LogP contribution is -1.91. The summed E-state index contributed by atoms with van der Waals surface area (Å²) >= 11 is 0. The smallest absolute Gasteiger partial charge is 0.00277 e. The van der Waals surface area contributed by atoms with Gasteiger partial charge in [-0.15, -0.1) is 0 Å². The number of nitrogens with one attached hydrogen (secondary N) is 1. The second-order valence-corrected chi connectivity index (χ2v) is 2.98. The second-order valence-electron chi connectivity index (χ2n) is 2.98. The van der Waals surface area contributed by atoms with Gasteiger partial charge in [-0.3, -0.25) is 0 Å². The topological polar surface area (TPSA) is 12.0 Å².